The predicted octanol–water partition coefficient (Wildman–Crippen LogP) is 3.46. The molecule has 0 bridgehead atoms. The van der Waals surface area contributed by atoms with E-state index in [1.807, 2.05) is 6.07 Å². The van der Waals surface area contributed by atoms with Crippen LogP contribution in [0.3, 0.4) is 0 Å². The Kier molecular flexibility index (Phi) is 6.74. The molecule has 1 saturated heterocycles. The number of hydrogen-bond acceptors (Lipinski definition) is 4. The summed E-state index contributed by atoms with van der Waals surface area (Å²) in [7, 11) is 0. The largest absolute Gasteiger partial charge is 0.380 e. The van der Waals surface area contributed by atoms with Crippen LogP contribution < -0.4 is 5.32 Å². The molecule has 1 N–H and O–H groups in total. The Morgan fingerprint density at radius 3 is 2.22 bits per heavy atom. The molecule has 0 spiro atoms. The van der Waals surface area contributed by atoms with Crippen molar-refractivity contribution in [2.24, 2.45) is 0 Å². The summed E-state index contributed by atoms with van der Waals surface area (Å²) in [5, 5.41) is 11.5. The molecule has 1 heterocycles. The van der Waals surface area contributed by atoms with Gasteiger partial charge in [-0.25, -0.2) is 8.78 Å². The first kappa shape index (κ1) is 19.3. The van der Waals surface area contributed by atoms with Crippen molar-refractivity contribution in [3.05, 3.63) is 65.2 Å². The Balaban J connectivity index is 1.37. The van der Waals surface area contributed by atoms with Crippen molar-refractivity contribution in [3.63, 3.8) is 0 Å². The molecule has 3 rings (SSSR count). The molecule has 27 heavy (non-hydrogen) atoms. The molecule has 0 aromatic heterocycles. The van der Waals surface area contributed by atoms with E-state index in [-0.39, 0.29) is 11.3 Å². The minimum absolute atomic E-state index is 0.0103. The highest BCUT2D eigenvalue weighted by Crippen LogP contribution is 2.20. The van der Waals surface area contributed by atoms with Crippen molar-refractivity contribution >= 4 is 5.69 Å². The minimum Gasteiger partial charge on any atom is -0.380 e. The maximum atomic E-state index is 13.8. The van der Waals surface area contributed by atoms with Gasteiger partial charge < -0.3 is 10.2 Å². The Hall–Kier alpha value is -2.49. The summed E-state index contributed by atoms with van der Waals surface area (Å²) < 4.78 is 27.7. The predicted molar refractivity (Wildman–Crippen MR) is 102 cm³/mol. The van der Waals surface area contributed by atoms with E-state index < -0.39 is 11.6 Å². The molecule has 2 aromatic carbocycles. The van der Waals surface area contributed by atoms with E-state index in [0.717, 1.165) is 57.8 Å². The average Bonchev–Trinajstić information content (AvgIpc) is 2.68. The van der Waals surface area contributed by atoms with Crippen molar-refractivity contribution in [2.75, 3.05) is 44.6 Å². The van der Waals surface area contributed by atoms with E-state index >= 15 is 0 Å². The van der Waals surface area contributed by atoms with Gasteiger partial charge in [-0.1, -0.05) is 30.3 Å². The third-order valence-corrected chi connectivity index (χ3v) is 4.84. The number of rotatable bonds is 7. The van der Waals surface area contributed by atoms with Crippen LogP contribution in [0.5, 0.6) is 0 Å². The summed E-state index contributed by atoms with van der Waals surface area (Å²) >= 11 is 0. The van der Waals surface area contributed by atoms with Crippen LogP contribution in [-0.2, 0) is 6.54 Å². The van der Waals surface area contributed by atoms with E-state index in [1.54, 1.807) is 6.07 Å². The standard InChI is InChI=1S/C21H24F2N4/c22-19-13-18(15-24)14-20(23)21(19)25-7-4-8-26-9-11-27(12-10-26)16-17-5-2-1-3-6-17/h1-3,5-6,13-14,25H,4,7-12,16H2. The van der Waals surface area contributed by atoms with Crippen LogP contribution in [0.1, 0.15) is 17.5 Å². The van der Waals surface area contributed by atoms with Gasteiger partial charge in [-0.2, -0.15) is 5.26 Å². The van der Waals surface area contributed by atoms with Crippen LogP contribution in [0.2, 0.25) is 0 Å². The maximum Gasteiger partial charge on any atom is 0.150 e. The van der Waals surface area contributed by atoms with Gasteiger partial charge in [0.05, 0.1) is 11.6 Å². The monoisotopic (exact) mass is 370 g/mol. The Labute approximate surface area is 159 Å². The van der Waals surface area contributed by atoms with Gasteiger partial charge in [0.15, 0.2) is 11.6 Å². The fourth-order valence-corrected chi connectivity index (χ4v) is 3.34. The van der Waals surface area contributed by atoms with Crippen molar-refractivity contribution in [3.8, 4) is 6.07 Å². The smallest absolute Gasteiger partial charge is 0.150 e. The zero-order valence-electron chi connectivity index (χ0n) is 15.3. The van der Waals surface area contributed by atoms with Crippen molar-refractivity contribution in [1.82, 2.24) is 9.80 Å². The lowest BCUT2D eigenvalue weighted by Crippen LogP contribution is -2.46. The number of nitrogens with zero attached hydrogens (tertiary/aromatic N) is 3. The summed E-state index contributed by atoms with van der Waals surface area (Å²) in [6.45, 7) is 6.43. The third kappa shape index (κ3) is 5.49. The van der Waals surface area contributed by atoms with Crippen molar-refractivity contribution in [2.45, 2.75) is 13.0 Å². The summed E-state index contributed by atoms with van der Waals surface area (Å²) in [6, 6.07) is 14.3. The first-order valence-electron chi connectivity index (χ1n) is 9.27. The first-order chi connectivity index (χ1) is 13.2. The van der Waals surface area contributed by atoms with Crippen LogP contribution in [0.25, 0.3) is 0 Å². The number of hydrogen-bond donors (Lipinski definition) is 1. The molecular formula is C21H24F2N4. The lowest BCUT2D eigenvalue weighted by atomic mass is 10.2. The first-order valence-corrected chi connectivity index (χ1v) is 9.27. The van der Waals surface area contributed by atoms with Gasteiger partial charge in [0.1, 0.15) is 5.69 Å². The highest BCUT2D eigenvalue weighted by Gasteiger charge is 2.16. The molecule has 142 valence electrons. The fourth-order valence-electron chi connectivity index (χ4n) is 3.34. The van der Waals surface area contributed by atoms with Gasteiger partial charge in [-0.3, -0.25) is 4.90 Å². The fraction of sp³-hybridized carbons (Fsp3) is 0.381. The van der Waals surface area contributed by atoms with Crippen LogP contribution in [-0.4, -0.2) is 49.1 Å². The van der Waals surface area contributed by atoms with E-state index in [0.29, 0.717) is 6.54 Å². The zero-order valence-corrected chi connectivity index (χ0v) is 15.3. The second kappa shape index (κ2) is 9.45. The van der Waals surface area contributed by atoms with Gasteiger partial charge in [0, 0.05) is 39.3 Å². The lowest BCUT2D eigenvalue weighted by molar-refractivity contribution is 0.127. The van der Waals surface area contributed by atoms with Crippen molar-refractivity contribution < 1.29 is 8.78 Å². The number of nitriles is 1. The molecule has 0 radical (unpaired) electrons. The molecule has 1 aliphatic heterocycles. The molecular weight excluding hydrogens is 346 g/mol. The molecule has 1 fully saturated rings. The molecule has 0 aliphatic carbocycles. The van der Waals surface area contributed by atoms with Crippen LogP contribution in [0.15, 0.2) is 42.5 Å². The quantitative estimate of drug-likeness (QED) is 0.758. The molecule has 6 heteroatoms. The summed E-state index contributed by atoms with van der Waals surface area (Å²) in [5.74, 6) is -1.44. The van der Waals surface area contributed by atoms with Gasteiger partial charge in [-0.15, -0.1) is 0 Å². The molecule has 0 unspecified atom stereocenters. The molecule has 0 saturated carbocycles. The van der Waals surface area contributed by atoms with E-state index in [9.17, 15) is 8.78 Å². The van der Waals surface area contributed by atoms with Gasteiger partial charge in [0.25, 0.3) is 0 Å². The molecule has 2 aromatic rings. The Bertz CT molecular complexity index is 758. The second-order valence-electron chi connectivity index (χ2n) is 6.81. The molecule has 4 nitrogen and oxygen atoms in total. The van der Waals surface area contributed by atoms with Crippen LogP contribution >= 0.6 is 0 Å². The average molecular weight is 370 g/mol. The zero-order chi connectivity index (χ0) is 19.1. The number of piperazine rings is 1. The second-order valence-corrected chi connectivity index (χ2v) is 6.81. The van der Waals surface area contributed by atoms with Gasteiger partial charge in [0.2, 0.25) is 0 Å². The van der Waals surface area contributed by atoms with E-state index in [1.165, 1.54) is 5.56 Å². The van der Waals surface area contributed by atoms with Crippen molar-refractivity contribution in [1.29, 1.82) is 5.26 Å². The minimum atomic E-state index is -0.721. The maximum absolute atomic E-state index is 13.8. The SMILES string of the molecule is N#Cc1cc(F)c(NCCCN2CCN(Cc3ccccc3)CC2)c(F)c1. The normalized spacial score (nSPS) is 15.4. The van der Waals surface area contributed by atoms with Gasteiger partial charge >= 0.3 is 0 Å². The highest BCUT2D eigenvalue weighted by molar-refractivity contribution is 5.50. The van der Waals surface area contributed by atoms with Crippen LogP contribution in [0, 0.1) is 23.0 Å². The lowest BCUT2D eigenvalue weighted by Gasteiger charge is -2.34. The summed E-state index contributed by atoms with van der Waals surface area (Å²) in [4.78, 5) is 4.83. The topological polar surface area (TPSA) is 42.3 Å². The molecule has 1 aliphatic rings. The summed E-state index contributed by atoms with van der Waals surface area (Å²) in [5.41, 5.74) is 1.17. The highest BCUT2D eigenvalue weighted by atomic mass is 19.1. The van der Waals surface area contributed by atoms with Crippen LogP contribution in [0.4, 0.5) is 14.5 Å². The molecule has 0 amide bonds. The summed E-state index contributed by atoms with van der Waals surface area (Å²) in [6.07, 6.45) is 0.803. The Morgan fingerprint density at radius 1 is 0.963 bits per heavy atom. The third-order valence-electron chi connectivity index (χ3n) is 4.84. The molecule has 0 atom stereocenters. The Morgan fingerprint density at radius 2 is 1.59 bits per heavy atom. The number of benzene rings is 2. The van der Waals surface area contributed by atoms with Gasteiger partial charge in [-0.05, 0) is 30.7 Å². The van der Waals surface area contributed by atoms with E-state index in [2.05, 4.69) is 39.4 Å². The van der Waals surface area contributed by atoms with E-state index in [4.69, 9.17) is 5.26 Å². The number of nitrogens with one attached hydrogen (secondary N) is 1. The number of anilines is 1. The number of halogens is 2.